The molecule has 2 atom stereocenters. The van der Waals surface area contributed by atoms with Gasteiger partial charge in [-0.05, 0) is 58.5 Å². The summed E-state index contributed by atoms with van der Waals surface area (Å²) in [7, 11) is 0. The number of nitrogens with one attached hydrogen (secondary N) is 1. The van der Waals surface area contributed by atoms with Crippen molar-refractivity contribution in [3.05, 3.63) is 0 Å². The summed E-state index contributed by atoms with van der Waals surface area (Å²) in [4.78, 5) is 17.1. The molecule has 0 aromatic rings. The van der Waals surface area contributed by atoms with E-state index in [0.29, 0.717) is 18.0 Å². The Hall–Kier alpha value is -0.610. The second kappa shape index (κ2) is 5.80. The van der Waals surface area contributed by atoms with Gasteiger partial charge in [0.25, 0.3) is 0 Å². The van der Waals surface area contributed by atoms with E-state index in [1.165, 1.54) is 38.8 Å². The lowest BCUT2D eigenvalue weighted by Gasteiger charge is -2.36. The largest absolute Gasteiger partial charge is 0.340 e. The number of likely N-dealkylation sites (tertiary alicyclic amines) is 2. The van der Waals surface area contributed by atoms with E-state index in [4.69, 9.17) is 0 Å². The minimum Gasteiger partial charge on any atom is -0.340 e. The van der Waals surface area contributed by atoms with Gasteiger partial charge in [-0.2, -0.15) is 0 Å². The van der Waals surface area contributed by atoms with E-state index in [9.17, 15) is 4.79 Å². The quantitative estimate of drug-likeness (QED) is 0.812. The zero-order chi connectivity index (χ0) is 13.2. The average Bonchev–Trinajstić information content (AvgIpc) is 3.05. The van der Waals surface area contributed by atoms with Gasteiger partial charge in [-0.1, -0.05) is 0 Å². The number of amides is 1. The van der Waals surface area contributed by atoms with Crippen LogP contribution in [0.3, 0.4) is 0 Å². The highest BCUT2D eigenvalue weighted by atomic mass is 16.2. The Balaban J connectivity index is 1.52. The van der Waals surface area contributed by atoms with Crippen LogP contribution in [-0.4, -0.2) is 60.0 Å². The average molecular weight is 265 g/mol. The lowest BCUT2D eigenvalue weighted by Crippen LogP contribution is -2.54. The molecular formula is C15H27N3O. The third-order valence-corrected chi connectivity index (χ3v) is 4.79. The molecule has 4 nitrogen and oxygen atoms in total. The highest BCUT2D eigenvalue weighted by Crippen LogP contribution is 2.23. The monoisotopic (exact) mass is 265 g/mol. The molecule has 1 N–H and O–H groups in total. The van der Waals surface area contributed by atoms with Crippen LogP contribution < -0.4 is 5.32 Å². The fraction of sp³-hybridized carbons (Fsp3) is 0.933. The maximum absolute atomic E-state index is 12.5. The van der Waals surface area contributed by atoms with Gasteiger partial charge in [-0.25, -0.2) is 0 Å². The predicted molar refractivity (Wildman–Crippen MR) is 76.0 cm³/mol. The van der Waals surface area contributed by atoms with Gasteiger partial charge in [0, 0.05) is 25.2 Å². The van der Waals surface area contributed by atoms with Crippen molar-refractivity contribution in [2.75, 3.05) is 26.2 Å². The van der Waals surface area contributed by atoms with Gasteiger partial charge in [-0.3, -0.25) is 9.69 Å². The van der Waals surface area contributed by atoms with Crippen LogP contribution >= 0.6 is 0 Å². The Kier molecular flexibility index (Phi) is 4.08. The first-order valence-electron chi connectivity index (χ1n) is 8.03. The summed E-state index contributed by atoms with van der Waals surface area (Å²) in [6, 6.07) is 1.25. The molecule has 4 heteroatoms. The minimum atomic E-state index is 0.104. The first-order valence-corrected chi connectivity index (χ1v) is 8.03. The molecule has 0 spiro atoms. The van der Waals surface area contributed by atoms with Crippen LogP contribution in [0, 0.1) is 0 Å². The molecule has 0 aromatic heterocycles. The number of carbonyl (C=O) groups is 1. The van der Waals surface area contributed by atoms with E-state index in [0.717, 1.165) is 25.9 Å². The molecular weight excluding hydrogens is 238 g/mol. The summed E-state index contributed by atoms with van der Waals surface area (Å²) in [6.07, 6.45) is 7.35. The number of piperidine rings is 1. The van der Waals surface area contributed by atoms with Crippen molar-refractivity contribution in [2.45, 2.75) is 63.6 Å². The molecule has 0 radical (unpaired) electrons. The summed E-state index contributed by atoms with van der Waals surface area (Å²) in [6.45, 7) is 6.58. The van der Waals surface area contributed by atoms with Gasteiger partial charge < -0.3 is 10.2 Å². The summed E-state index contributed by atoms with van der Waals surface area (Å²) in [5.74, 6) is 0.351. The summed E-state index contributed by atoms with van der Waals surface area (Å²) in [5.41, 5.74) is 0. The molecule has 1 aliphatic carbocycles. The van der Waals surface area contributed by atoms with Gasteiger partial charge in [0.1, 0.15) is 0 Å². The molecule has 19 heavy (non-hydrogen) atoms. The van der Waals surface area contributed by atoms with Gasteiger partial charge in [0.15, 0.2) is 0 Å². The molecule has 3 aliphatic rings. The molecule has 0 bridgehead atoms. The predicted octanol–water partition coefficient (Wildman–Crippen LogP) is 1.21. The highest BCUT2D eigenvalue weighted by molar-refractivity contribution is 5.82. The summed E-state index contributed by atoms with van der Waals surface area (Å²) in [5, 5.41) is 3.51. The Labute approximate surface area is 116 Å². The van der Waals surface area contributed by atoms with Crippen molar-refractivity contribution in [3.63, 3.8) is 0 Å². The number of nitrogens with zero attached hydrogens (tertiary/aromatic N) is 2. The second-order valence-electron chi connectivity index (χ2n) is 6.51. The highest BCUT2D eigenvalue weighted by Gasteiger charge is 2.34. The van der Waals surface area contributed by atoms with E-state index in [1.807, 2.05) is 0 Å². The van der Waals surface area contributed by atoms with Crippen LogP contribution in [0.4, 0.5) is 0 Å². The van der Waals surface area contributed by atoms with Crippen LogP contribution in [0.25, 0.3) is 0 Å². The van der Waals surface area contributed by atoms with Crippen molar-refractivity contribution in [2.24, 2.45) is 0 Å². The number of hydrogen-bond acceptors (Lipinski definition) is 3. The fourth-order valence-electron chi connectivity index (χ4n) is 3.43. The van der Waals surface area contributed by atoms with E-state index < -0.39 is 0 Å². The van der Waals surface area contributed by atoms with Crippen molar-refractivity contribution in [3.8, 4) is 0 Å². The molecule has 2 heterocycles. The van der Waals surface area contributed by atoms with Crippen LogP contribution in [0.2, 0.25) is 0 Å². The molecule has 3 fully saturated rings. The molecule has 2 saturated heterocycles. The Morgan fingerprint density at radius 1 is 1.16 bits per heavy atom. The first-order chi connectivity index (χ1) is 9.24. The number of hydrogen-bond donors (Lipinski definition) is 1. The summed E-state index contributed by atoms with van der Waals surface area (Å²) < 4.78 is 0. The molecule has 2 unspecified atom stereocenters. The lowest BCUT2D eigenvalue weighted by molar-refractivity contribution is -0.136. The standard InChI is InChI=1S/C15H27N3O/c1-12(17-8-2-3-9-17)11-18-10-4-5-14(15(18)19)16-13-6-7-13/h12-14,16H,2-11H2,1H3. The number of carbonyl (C=O) groups excluding carboxylic acids is 1. The maximum Gasteiger partial charge on any atom is 0.239 e. The third kappa shape index (κ3) is 3.29. The molecule has 3 rings (SSSR count). The molecule has 0 aromatic carbocycles. The molecule has 1 saturated carbocycles. The Morgan fingerprint density at radius 2 is 1.89 bits per heavy atom. The van der Waals surface area contributed by atoms with E-state index in [2.05, 4.69) is 22.0 Å². The SMILES string of the molecule is CC(CN1CCCC(NC2CC2)C1=O)N1CCCC1. The van der Waals surface area contributed by atoms with Crippen LogP contribution in [0.1, 0.15) is 45.4 Å². The van der Waals surface area contributed by atoms with Crippen LogP contribution in [-0.2, 0) is 4.79 Å². The van der Waals surface area contributed by atoms with Crippen molar-refractivity contribution in [1.82, 2.24) is 15.1 Å². The minimum absolute atomic E-state index is 0.104. The normalized spacial score (nSPS) is 30.9. The van der Waals surface area contributed by atoms with E-state index in [1.54, 1.807) is 0 Å². The Bertz CT molecular complexity index is 323. The van der Waals surface area contributed by atoms with Gasteiger partial charge in [-0.15, -0.1) is 0 Å². The van der Waals surface area contributed by atoms with Crippen molar-refractivity contribution >= 4 is 5.91 Å². The lowest BCUT2D eigenvalue weighted by atomic mass is 10.0. The summed E-state index contributed by atoms with van der Waals surface area (Å²) >= 11 is 0. The zero-order valence-electron chi connectivity index (χ0n) is 12.1. The van der Waals surface area contributed by atoms with Crippen molar-refractivity contribution in [1.29, 1.82) is 0 Å². The number of rotatable bonds is 5. The zero-order valence-corrected chi connectivity index (χ0v) is 12.1. The molecule has 2 aliphatic heterocycles. The van der Waals surface area contributed by atoms with Crippen LogP contribution in [0.15, 0.2) is 0 Å². The third-order valence-electron chi connectivity index (χ3n) is 4.79. The van der Waals surface area contributed by atoms with E-state index >= 15 is 0 Å². The smallest absolute Gasteiger partial charge is 0.239 e. The van der Waals surface area contributed by atoms with Crippen LogP contribution in [0.5, 0.6) is 0 Å². The molecule has 1 amide bonds. The van der Waals surface area contributed by atoms with Crippen molar-refractivity contribution < 1.29 is 4.79 Å². The second-order valence-corrected chi connectivity index (χ2v) is 6.51. The van der Waals surface area contributed by atoms with E-state index in [-0.39, 0.29) is 6.04 Å². The first kappa shape index (κ1) is 13.4. The molecule has 108 valence electrons. The Morgan fingerprint density at radius 3 is 2.58 bits per heavy atom. The maximum atomic E-state index is 12.5. The topological polar surface area (TPSA) is 35.6 Å². The van der Waals surface area contributed by atoms with Gasteiger partial charge in [0.05, 0.1) is 6.04 Å². The van der Waals surface area contributed by atoms with Gasteiger partial charge >= 0.3 is 0 Å². The van der Waals surface area contributed by atoms with Gasteiger partial charge in [0.2, 0.25) is 5.91 Å². The fourth-order valence-corrected chi connectivity index (χ4v) is 3.43.